The third-order valence-electron chi connectivity index (χ3n) is 1.92. The molecular weight excluding hydrogens is 174 g/mol. The van der Waals surface area contributed by atoms with Gasteiger partial charge in [0.2, 0.25) is 0 Å². The lowest BCUT2D eigenvalue weighted by Crippen LogP contribution is -2.09. The van der Waals surface area contributed by atoms with Crippen LogP contribution in [0.25, 0.3) is 11.0 Å². The van der Waals surface area contributed by atoms with Gasteiger partial charge < -0.3 is 4.98 Å². The summed E-state index contributed by atoms with van der Waals surface area (Å²) in [4.78, 5) is 14.0. The molecule has 0 radical (unpaired) electrons. The zero-order valence-corrected chi connectivity index (χ0v) is 7.53. The van der Waals surface area contributed by atoms with Gasteiger partial charge in [0.1, 0.15) is 5.52 Å². The minimum atomic E-state index is -0.151. The van der Waals surface area contributed by atoms with Crippen LogP contribution in [0.3, 0.4) is 0 Å². The Balaban J connectivity index is 3.07. The average molecular weight is 181 g/mol. The third kappa shape index (κ3) is 0.863. The van der Waals surface area contributed by atoms with Crippen LogP contribution in [0, 0.1) is 13.8 Å². The first kappa shape index (κ1) is 7.42. The predicted octanol–water partition coefficient (Wildman–Crippen LogP) is 0.996. The molecule has 0 amide bonds. The second-order valence-corrected chi connectivity index (χ2v) is 3.19. The molecule has 2 aromatic heterocycles. The van der Waals surface area contributed by atoms with Gasteiger partial charge in [-0.25, -0.2) is 0 Å². The quantitative estimate of drug-likeness (QED) is 0.659. The number of aryl methyl sites for hydroxylation is 2. The fourth-order valence-corrected chi connectivity index (χ4v) is 1.68. The molecule has 2 rings (SSSR count). The lowest BCUT2D eigenvalue weighted by Gasteiger charge is -1.97. The number of aromatic amines is 1. The van der Waals surface area contributed by atoms with Gasteiger partial charge in [0.15, 0.2) is 5.52 Å². The van der Waals surface area contributed by atoms with E-state index in [1.807, 2.05) is 13.8 Å². The van der Waals surface area contributed by atoms with Crippen molar-refractivity contribution in [2.24, 2.45) is 0 Å². The maximum absolute atomic E-state index is 11.3. The molecule has 0 saturated heterocycles. The van der Waals surface area contributed by atoms with Crippen molar-refractivity contribution in [1.29, 1.82) is 0 Å². The summed E-state index contributed by atoms with van der Waals surface area (Å²) in [5.74, 6) is 0. The van der Waals surface area contributed by atoms with Crippen molar-refractivity contribution in [3.05, 3.63) is 21.6 Å². The van der Waals surface area contributed by atoms with Gasteiger partial charge in [-0.2, -0.15) is 8.75 Å². The van der Waals surface area contributed by atoms with E-state index in [1.165, 1.54) is 0 Å². The Morgan fingerprint density at radius 2 is 1.92 bits per heavy atom. The van der Waals surface area contributed by atoms with Crippen LogP contribution in [0.2, 0.25) is 0 Å². The Hall–Kier alpha value is -1.23. The first-order chi connectivity index (χ1) is 5.70. The molecule has 0 bridgehead atoms. The number of nitrogens with one attached hydrogen (secondary N) is 1. The van der Waals surface area contributed by atoms with E-state index in [0.29, 0.717) is 5.52 Å². The topological polar surface area (TPSA) is 58.6 Å². The summed E-state index contributed by atoms with van der Waals surface area (Å²) in [6.07, 6.45) is 0. The van der Waals surface area contributed by atoms with Gasteiger partial charge >= 0.3 is 0 Å². The van der Waals surface area contributed by atoms with E-state index < -0.39 is 0 Å². The van der Waals surface area contributed by atoms with Crippen molar-refractivity contribution in [3.8, 4) is 0 Å². The predicted molar refractivity (Wildman–Crippen MR) is 47.5 cm³/mol. The molecule has 0 unspecified atom stereocenters. The van der Waals surface area contributed by atoms with Crippen molar-refractivity contribution >= 4 is 22.8 Å². The summed E-state index contributed by atoms with van der Waals surface area (Å²) in [7, 11) is 0. The van der Waals surface area contributed by atoms with Gasteiger partial charge in [-0.1, -0.05) is 0 Å². The maximum Gasteiger partial charge on any atom is 0.277 e. The average Bonchev–Trinajstić information content (AvgIpc) is 2.48. The molecule has 12 heavy (non-hydrogen) atoms. The van der Waals surface area contributed by atoms with Crippen molar-refractivity contribution in [1.82, 2.24) is 13.7 Å². The van der Waals surface area contributed by atoms with Gasteiger partial charge in [-0.05, 0) is 19.4 Å². The molecule has 0 fully saturated rings. The Morgan fingerprint density at radius 3 is 2.67 bits per heavy atom. The largest absolute Gasteiger partial charge is 0.324 e. The summed E-state index contributed by atoms with van der Waals surface area (Å²) in [6, 6.07) is 0. The number of hydrogen-bond donors (Lipinski definition) is 1. The van der Waals surface area contributed by atoms with Crippen LogP contribution in [0.15, 0.2) is 4.79 Å². The van der Waals surface area contributed by atoms with Crippen LogP contribution in [-0.2, 0) is 0 Å². The minimum Gasteiger partial charge on any atom is -0.324 e. The Bertz CT molecular complexity index is 485. The molecule has 0 aliphatic carbocycles. The van der Waals surface area contributed by atoms with E-state index in [4.69, 9.17) is 0 Å². The van der Waals surface area contributed by atoms with E-state index in [2.05, 4.69) is 13.7 Å². The van der Waals surface area contributed by atoms with Gasteiger partial charge in [0.05, 0.1) is 11.7 Å². The van der Waals surface area contributed by atoms with Gasteiger partial charge in [-0.15, -0.1) is 0 Å². The molecule has 62 valence electrons. The summed E-state index contributed by atoms with van der Waals surface area (Å²) in [5.41, 5.74) is 2.88. The van der Waals surface area contributed by atoms with Gasteiger partial charge in [-0.3, -0.25) is 4.79 Å². The van der Waals surface area contributed by atoms with Crippen LogP contribution >= 0.6 is 11.7 Å². The smallest absolute Gasteiger partial charge is 0.277 e. The number of aromatic nitrogens is 3. The first-order valence-corrected chi connectivity index (χ1v) is 4.25. The standard InChI is InChI=1S/C7H7N3OS/c1-3-4(2)8-7(11)6-5(3)9-12-10-6/h1-2H3,(H,8,11). The molecule has 0 aliphatic heterocycles. The Kier molecular flexibility index (Phi) is 1.47. The highest BCUT2D eigenvalue weighted by molar-refractivity contribution is 7.00. The molecule has 0 atom stereocenters. The second-order valence-electron chi connectivity index (χ2n) is 2.67. The molecule has 0 spiro atoms. The zero-order valence-electron chi connectivity index (χ0n) is 6.71. The van der Waals surface area contributed by atoms with E-state index in [0.717, 1.165) is 28.5 Å². The van der Waals surface area contributed by atoms with E-state index in [9.17, 15) is 4.79 Å². The molecule has 1 N–H and O–H groups in total. The summed E-state index contributed by atoms with van der Waals surface area (Å²) in [6.45, 7) is 3.78. The number of fused-ring (bicyclic) bond motifs is 1. The van der Waals surface area contributed by atoms with Gasteiger partial charge in [0.25, 0.3) is 5.56 Å². The van der Waals surface area contributed by atoms with E-state index >= 15 is 0 Å². The van der Waals surface area contributed by atoms with Crippen molar-refractivity contribution < 1.29 is 0 Å². The molecule has 0 aromatic carbocycles. The zero-order chi connectivity index (χ0) is 8.72. The number of pyridine rings is 1. The van der Waals surface area contributed by atoms with Crippen LogP contribution in [0.1, 0.15) is 11.3 Å². The lowest BCUT2D eigenvalue weighted by atomic mass is 10.2. The molecular formula is C7H7N3OS. The Morgan fingerprint density at radius 1 is 1.25 bits per heavy atom. The number of rotatable bonds is 0. The second kappa shape index (κ2) is 2.38. The minimum absolute atomic E-state index is 0.151. The molecule has 0 saturated carbocycles. The van der Waals surface area contributed by atoms with Crippen molar-refractivity contribution in [2.45, 2.75) is 13.8 Å². The highest BCUT2D eigenvalue weighted by Gasteiger charge is 2.07. The van der Waals surface area contributed by atoms with Crippen LogP contribution in [-0.4, -0.2) is 13.7 Å². The van der Waals surface area contributed by atoms with Crippen LogP contribution in [0.4, 0.5) is 0 Å². The number of H-pyrrole nitrogens is 1. The van der Waals surface area contributed by atoms with Crippen molar-refractivity contribution in [3.63, 3.8) is 0 Å². The van der Waals surface area contributed by atoms with E-state index in [1.54, 1.807) is 0 Å². The van der Waals surface area contributed by atoms with Crippen LogP contribution in [0.5, 0.6) is 0 Å². The molecule has 4 nitrogen and oxygen atoms in total. The number of nitrogens with zero attached hydrogens (tertiary/aromatic N) is 2. The monoisotopic (exact) mass is 181 g/mol. The van der Waals surface area contributed by atoms with Crippen LogP contribution < -0.4 is 5.56 Å². The third-order valence-corrected chi connectivity index (χ3v) is 2.45. The summed E-state index contributed by atoms with van der Waals surface area (Å²) < 4.78 is 7.96. The highest BCUT2D eigenvalue weighted by atomic mass is 32.1. The van der Waals surface area contributed by atoms with Gasteiger partial charge in [0, 0.05) is 5.69 Å². The number of hydrogen-bond acceptors (Lipinski definition) is 4. The first-order valence-electron chi connectivity index (χ1n) is 3.52. The maximum atomic E-state index is 11.3. The molecule has 0 aliphatic rings. The van der Waals surface area contributed by atoms with E-state index in [-0.39, 0.29) is 5.56 Å². The summed E-state index contributed by atoms with van der Waals surface area (Å²) in [5, 5.41) is 0. The lowest BCUT2D eigenvalue weighted by molar-refractivity contribution is 1.12. The fourth-order valence-electron chi connectivity index (χ4n) is 1.08. The highest BCUT2D eigenvalue weighted by Crippen LogP contribution is 2.13. The fraction of sp³-hybridized carbons (Fsp3) is 0.286. The normalized spacial score (nSPS) is 10.8. The molecule has 2 heterocycles. The van der Waals surface area contributed by atoms with Crippen molar-refractivity contribution in [2.75, 3.05) is 0 Å². The molecule has 2 aromatic rings. The SMILES string of the molecule is Cc1[nH]c(=O)c2nsnc2c1C. The Labute approximate surface area is 72.6 Å². The molecule has 5 heteroatoms. The summed E-state index contributed by atoms with van der Waals surface area (Å²) >= 11 is 1.07.